The molecule has 2 N–H and O–H groups in total. The van der Waals surface area contributed by atoms with E-state index in [4.69, 9.17) is 0 Å². The number of nitrogens with zero attached hydrogens (tertiary/aromatic N) is 1. The van der Waals surface area contributed by atoms with Crippen molar-refractivity contribution in [2.24, 2.45) is 0 Å². The van der Waals surface area contributed by atoms with E-state index >= 15 is 0 Å². The van der Waals surface area contributed by atoms with Gasteiger partial charge in [0.05, 0.1) is 12.7 Å². The van der Waals surface area contributed by atoms with E-state index in [9.17, 15) is 10.2 Å². The van der Waals surface area contributed by atoms with Crippen molar-refractivity contribution >= 4 is 5.69 Å². The van der Waals surface area contributed by atoms with E-state index in [1.807, 2.05) is 12.1 Å². The van der Waals surface area contributed by atoms with E-state index in [2.05, 4.69) is 17.0 Å². The third-order valence-electron chi connectivity index (χ3n) is 4.06. The van der Waals surface area contributed by atoms with Gasteiger partial charge < -0.3 is 15.1 Å². The lowest BCUT2D eigenvalue weighted by atomic mass is 9.93. The van der Waals surface area contributed by atoms with Crippen LogP contribution in [0.1, 0.15) is 50.7 Å². The first-order valence-electron chi connectivity index (χ1n) is 7.38. The van der Waals surface area contributed by atoms with Crippen LogP contribution in [0.2, 0.25) is 0 Å². The maximum Gasteiger partial charge on any atom is 0.0761 e. The van der Waals surface area contributed by atoms with Gasteiger partial charge in [-0.25, -0.2) is 0 Å². The fraction of sp³-hybridized carbons (Fsp3) is 0.625. The van der Waals surface area contributed by atoms with E-state index in [0.29, 0.717) is 12.6 Å². The molecular weight excluding hydrogens is 238 g/mol. The SMILES string of the molecule is C[C@H](O)c1ccc(N(CCO)C2CCCCC2)cc1. The van der Waals surface area contributed by atoms with Gasteiger partial charge in [0.25, 0.3) is 0 Å². The molecule has 0 heterocycles. The molecule has 0 aromatic heterocycles. The molecule has 0 unspecified atom stereocenters. The van der Waals surface area contributed by atoms with Gasteiger partial charge in [-0.2, -0.15) is 0 Å². The minimum Gasteiger partial charge on any atom is -0.395 e. The zero-order valence-electron chi connectivity index (χ0n) is 11.8. The van der Waals surface area contributed by atoms with E-state index in [0.717, 1.165) is 11.3 Å². The van der Waals surface area contributed by atoms with Crippen molar-refractivity contribution in [2.75, 3.05) is 18.1 Å². The Morgan fingerprint density at radius 3 is 2.32 bits per heavy atom. The van der Waals surface area contributed by atoms with Gasteiger partial charge in [0.15, 0.2) is 0 Å². The fourth-order valence-corrected chi connectivity index (χ4v) is 2.97. The largest absolute Gasteiger partial charge is 0.395 e. The normalized spacial score (nSPS) is 18.3. The summed E-state index contributed by atoms with van der Waals surface area (Å²) in [5.74, 6) is 0. The molecule has 0 bridgehead atoms. The smallest absolute Gasteiger partial charge is 0.0761 e. The van der Waals surface area contributed by atoms with Crippen LogP contribution >= 0.6 is 0 Å². The van der Waals surface area contributed by atoms with E-state index < -0.39 is 6.10 Å². The number of hydrogen-bond acceptors (Lipinski definition) is 3. The second-order valence-corrected chi connectivity index (χ2v) is 5.48. The van der Waals surface area contributed by atoms with Crippen LogP contribution in [0, 0.1) is 0 Å². The molecule has 0 radical (unpaired) electrons. The molecule has 1 aromatic carbocycles. The summed E-state index contributed by atoms with van der Waals surface area (Å²) in [6, 6.07) is 8.64. The Morgan fingerprint density at radius 1 is 1.16 bits per heavy atom. The minimum atomic E-state index is -0.421. The van der Waals surface area contributed by atoms with Crippen LogP contribution in [0.3, 0.4) is 0 Å². The van der Waals surface area contributed by atoms with Crippen molar-refractivity contribution in [2.45, 2.75) is 51.2 Å². The molecule has 3 heteroatoms. The Hall–Kier alpha value is -1.06. The Bertz CT molecular complexity index is 369. The molecule has 1 aliphatic carbocycles. The van der Waals surface area contributed by atoms with Crippen LogP contribution in [0.4, 0.5) is 5.69 Å². The lowest BCUT2D eigenvalue weighted by molar-refractivity contribution is 0.199. The monoisotopic (exact) mass is 263 g/mol. The maximum atomic E-state index is 9.55. The van der Waals surface area contributed by atoms with E-state index in [1.165, 1.54) is 32.1 Å². The summed E-state index contributed by atoms with van der Waals surface area (Å²) in [4.78, 5) is 2.32. The van der Waals surface area contributed by atoms with Crippen molar-refractivity contribution in [3.05, 3.63) is 29.8 Å². The van der Waals surface area contributed by atoms with Crippen molar-refractivity contribution in [1.29, 1.82) is 0 Å². The van der Waals surface area contributed by atoms with Crippen molar-refractivity contribution < 1.29 is 10.2 Å². The Balaban J connectivity index is 2.13. The summed E-state index contributed by atoms with van der Waals surface area (Å²) < 4.78 is 0. The standard InChI is InChI=1S/C16H25NO2/c1-13(19)14-7-9-16(10-8-14)17(11-12-18)15-5-3-2-4-6-15/h7-10,13,15,18-19H,2-6,11-12H2,1H3/t13-/m0/s1. The highest BCUT2D eigenvalue weighted by atomic mass is 16.3. The zero-order chi connectivity index (χ0) is 13.7. The number of hydrogen-bond donors (Lipinski definition) is 2. The van der Waals surface area contributed by atoms with Crippen LogP contribution < -0.4 is 4.90 Å². The molecule has 0 saturated heterocycles. The Labute approximate surface area is 115 Å². The van der Waals surface area contributed by atoms with Crippen LogP contribution in [0.15, 0.2) is 24.3 Å². The zero-order valence-corrected chi connectivity index (χ0v) is 11.8. The van der Waals surface area contributed by atoms with E-state index in [1.54, 1.807) is 6.92 Å². The molecule has 1 saturated carbocycles. The third-order valence-corrected chi connectivity index (χ3v) is 4.06. The van der Waals surface area contributed by atoms with Crippen molar-refractivity contribution in [3.63, 3.8) is 0 Å². The highest BCUT2D eigenvalue weighted by Crippen LogP contribution is 2.28. The number of anilines is 1. The maximum absolute atomic E-state index is 9.55. The lowest BCUT2D eigenvalue weighted by Crippen LogP contribution is -2.38. The molecular formula is C16H25NO2. The molecule has 1 aliphatic rings. The second kappa shape index (κ2) is 6.92. The predicted molar refractivity (Wildman–Crippen MR) is 78.4 cm³/mol. The number of aliphatic hydroxyl groups excluding tert-OH is 2. The quantitative estimate of drug-likeness (QED) is 0.858. The Morgan fingerprint density at radius 2 is 1.79 bits per heavy atom. The van der Waals surface area contributed by atoms with Gasteiger partial charge in [-0.05, 0) is 37.5 Å². The van der Waals surface area contributed by atoms with Gasteiger partial charge in [-0.1, -0.05) is 31.4 Å². The average molecular weight is 263 g/mol. The number of aliphatic hydroxyl groups is 2. The van der Waals surface area contributed by atoms with Crippen LogP contribution in [-0.2, 0) is 0 Å². The number of rotatable bonds is 5. The molecule has 0 amide bonds. The molecule has 106 valence electrons. The third kappa shape index (κ3) is 3.71. The van der Waals surface area contributed by atoms with Gasteiger partial charge in [0, 0.05) is 18.3 Å². The summed E-state index contributed by atoms with van der Waals surface area (Å²) in [7, 11) is 0. The van der Waals surface area contributed by atoms with Gasteiger partial charge in [-0.15, -0.1) is 0 Å². The summed E-state index contributed by atoms with van der Waals surface area (Å²) in [6.45, 7) is 2.66. The molecule has 1 atom stereocenters. The molecule has 1 aromatic rings. The van der Waals surface area contributed by atoms with Crippen LogP contribution in [0.5, 0.6) is 0 Å². The predicted octanol–water partition coefficient (Wildman–Crippen LogP) is 2.87. The molecule has 0 spiro atoms. The fourth-order valence-electron chi connectivity index (χ4n) is 2.97. The molecule has 19 heavy (non-hydrogen) atoms. The van der Waals surface area contributed by atoms with Gasteiger partial charge in [-0.3, -0.25) is 0 Å². The minimum absolute atomic E-state index is 0.189. The van der Waals surface area contributed by atoms with Crippen molar-refractivity contribution in [3.8, 4) is 0 Å². The summed E-state index contributed by atoms with van der Waals surface area (Å²) in [6.07, 6.45) is 5.94. The lowest BCUT2D eigenvalue weighted by Gasteiger charge is -2.36. The topological polar surface area (TPSA) is 43.7 Å². The summed E-state index contributed by atoms with van der Waals surface area (Å²) in [5.41, 5.74) is 2.10. The first-order valence-corrected chi connectivity index (χ1v) is 7.38. The van der Waals surface area contributed by atoms with Gasteiger partial charge in [0.1, 0.15) is 0 Å². The van der Waals surface area contributed by atoms with E-state index in [-0.39, 0.29) is 6.61 Å². The molecule has 1 fully saturated rings. The molecule has 2 rings (SSSR count). The number of benzene rings is 1. The van der Waals surface area contributed by atoms with Crippen LogP contribution in [0.25, 0.3) is 0 Å². The summed E-state index contributed by atoms with van der Waals surface area (Å²) >= 11 is 0. The second-order valence-electron chi connectivity index (χ2n) is 5.48. The van der Waals surface area contributed by atoms with Crippen LogP contribution in [-0.4, -0.2) is 29.4 Å². The summed E-state index contributed by atoms with van der Waals surface area (Å²) in [5, 5.41) is 18.8. The highest BCUT2D eigenvalue weighted by molar-refractivity contribution is 5.49. The first-order chi connectivity index (χ1) is 9.22. The van der Waals surface area contributed by atoms with Crippen molar-refractivity contribution in [1.82, 2.24) is 0 Å². The first kappa shape index (κ1) is 14.4. The highest BCUT2D eigenvalue weighted by Gasteiger charge is 2.21. The molecule has 3 nitrogen and oxygen atoms in total. The van der Waals surface area contributed by atoms with Gasteiger partial charge in [0.2, 0.25) is 0 Å². The average Bonchev–Trinajstić information content (AvgIpc) is 2.46. The van der Waals surface area contributed by atoms with Gasteiger partial charge >= 0.3 is 0 Å². The molecule has 0 aliphatic heterocycles. The Kier molecular flexibility index (Phi) is 5.23.